The van der Waals surface area contributed by atoms with Crippen LogP contribution in [0.4, 0.5) is 0 Å². The van der Waals surface area contributed by atoms with Crippen LogP contribution in [0.3, 0.4) is 0 Å². The first-order valence-corrected chi connectivity index (χ1v) is 6.57. The van der Waals surface area contributed by atoms with Crippen LogP contribution >= 0.6 is 11.6 Å². The van der Waals surface area contributed by atoms with Gasteiger partial charge in [-0.05, 0) is 19.3 Å². The number of nitrogens with one attached hydrogen (secondary N) is 1. The molecule has 2 N–H and O–H groups in total. The Hall–Kier alpha value is -0.580. The molecule has 0 radical (unpaired) electrons. The molecular weight excluding hydrogens is 238 g/mol. The molecule has 1 aromatic heterocycles. The standard InChI is InChI=1S/C12H22ClN3O/c1-4-10-12(13)11(16(5-2)15-10)7-14-6-9(3)8-17/h9,14,17H,4-8H2,1-3H3. The van der Waals surface area contributed by atoms with E-state index >= 15 is 0 Å². The van der Waals surface area contributed by atoms with E-state index in [1.165, 1.54) is 0 Å². The highest BCUT2D eigenvalue weighted by Gasteiger charge is 2.13. The van der Waals surface area contributed by atoms with Gasteiger partial charge in [0.2, 0.25) is 0 Å². The first-order valence-electron chi connectivity index (χ1n) is 6.19. The average Bonchev–Trinajstić information content (AvgIpc) is 2.65. The third-order valence-electron chi connectivity index (χ3n) is 2.79. The fourth-order valence-corrected chi connectivity index (χ4v) is 2.02. The molecule has 0 aliphatic rings. The normalized spacial score (nSPS) is 13.0. The lowest BCUT2D eigenvalue weighted by atomic mass is 10.2. The highest BCUT2D eigenvalue weighted by Crippen LogP contribution is 2.21. The second-order valence-corrected chi connectivity index (χ2v) is 4.67. The van der Waals surface area contributed by atoms with Crippen LogP contribution in [0, 0.1) is 5.92 Å². The maximum Gasteiger partial charge on any atom is 0.0863 e. The van der Waals surface area contributed by atoms with Crippen LogP contribution in [-0.2, 0) is 19.5 Å². The predicted octanol–water partition coefficient (Wildman–Crippen LogP) is 1.84. The molecular formula is C12H22ClN3O. The number of hydrogen-bond acceptors (Lipinski definition) is 3. The monoisotopic (exact) mass is 259 g/mol. The molecule has 1 rings (SSSR count). The van der Waals surface area contributed by atoms with Crippen LogP contribution in [-0.4, -0.2) is 28.0 Å². The van der Waals surface area contributed by atoms with E-state index in [0.29, 0.717) is 6.54 Å². The number of aryl methyl sites for hydroxylation is 2. The predicted molar refractivity (Wildman–Crippen MR) is 70.2 cm³/mol. The lowest BCUT2D eigenvalue weighted by molar-refractivity contribution is 0.233. The third kappa shape index (κ3) is 3.69. The smallest absolute Gasteiger partial charge is 0.0863 e. The van der Waals surface area contributed by atoms with E-state index in [-0.39, 0.29) is 12.5 Å². The van der Waals surface area contributed by atoms with Crippen LogP contribution < -0.4 is 5.32 Å². The summed E-state index contributed by atoms with van der Waals surface area (Å²) in [6, 6.07) is 0. The molecule has 1 heterocycles. The fraction of sp³-hybridized carbons (Fsp3) is 0.750. The molecule has 1 atom stereocenters. The Labute approximate surface area is 108 Å². The van der Waals surface area contributed by atoms with Gasteiger partial charge in [0.25, 0.3) is 0 Å². The molecule has 1 aromatic rings. The molecule has 0 aromatic carbocycles. The zero-order valence-electron chi connectivity index (χ0n) is 10.8. The highest BCUT2D eigenvalue weighted by molar-refractivity contribution is 6.31. The largest absolute Gasteiger partial charge is 0.396 e. The van der Waals surface area contributed by atoms with Crippen molar-refractivity contribution in [3.05, 3.63) is 16.4 Å². The second-order valence-electron chi connectivity index (χ2n) is 4.30. The van der Waals surface area contributed by atoms with Gasteiger partial charge in [0.1, 0.15) is 0 Å². The van der Waals surface area contributed by atoms with E-state index in [9.17, 15) is 0 Å². The van der Waals surface area contributed by atoms with Crippen molar-refractivity contribution in [2.45, 2.75) is 40.3 Å². The number of aromatic nitrogens is 2. The number of aliphatic hydroxyl groups is 1. The van der Waals surface area contributed by atoms with Gasteiger partial charge in [-0.1, -0.05) is 25.4 Å². The first-order chi connectivity index (χ1) is 8.13. The number of aliphatic hydroxyl groups excluding tert-OH is 1. The summed E-state index contributed by atoms with van der Waals surface area (Å²) in [7, 11) is 0. The zero-order valence-corrected chi connectivity index (χ0v) is 11.6. The van der Waals surface area contributed by atoms with Crippen LogP contribution in [0.1, 0.15) is 32.2 Å². The summed E-state index contributed by atoms with van der Waals surface area (Å²) >= 11 is 6.28. The van der Waals surface area contributed by atoms with Crippen molar-refractivity contribution in [1.29, 1.82) is 0 Å². The summed E-state index contributed by atoms with van der Waals surface area (Å²) in [5.74, 6) is 0.261. The molecule has 0 fully saturated rings. The van der Waals surface area contributed by atoms with Gasteiger partial charge in [-0.3, -0.25) is 4.68 Å². The van der Waals surface area contributed by atoms with Crippen molar-refractivity contribution >= 4 is 11.6 Å². The summed E-state index contributed by atoms with van der Waals surface area (Å²) in [4.78, 5) is 0. The van der Waals surface area contributed by atoms with Crippen molar-refractivity contribution < 1.29 is 5.11 Å². The molecule has 0 aliphatic carbocycles. The molecule has 98 valence electrons. The number of hydrogen-bond donors (Lipinski definition) is 2. The summed E-state index contributed by atoms with van der Waals surface area (Å²) in [6.45, 7) is 8.62. The molecule has 0 amide bonds. The van der Waals surface area contributed by atoms with E-state index < -0.39 is 0 Å². The van der Waals surface area contributed by atoms with Gasteiger partial charge in [0.05, 0.1) is 16.4 Å². The van der Waals surface area contributed by atoms with Gasteiger partial charge in [0, 0.05) is 26.2 Å². The Balaban J connectivity index is 2.66. The van der Waals surface area contributed by atoms with Gasteiger partial charge >= 0.3 is 0 Å². The third-order valence-corrected chi connectivity index (χ3v) is 3.23. The lowest BCUT2D eigenvalue weighted by Gasteiger charge is -2.10. The molecule has 0 aliphatic heterocycles. The minimum atomic E-state index is 0.202. The number of nitrogens with zero attached hydrogens (tertiary/aromatic N) is 2. The van der Waals surface area contributed by atoms with Gasteiger partial charge in [0.15, 0.2) is 0 Å². The Morgan fingerprint density at radius 3 is 2.71 bits per heavy atom. The van der Waals surface area contributed by atoms with Gasteiger partial charge in [-0.15, -0.1) is 0 Å². The van der Waals surface area contributed by atoms with E-state index in [1.807, 2.05) is 11.6 Å². The van der Waals surface area contributed by atoms with Gasteiger partial charge in [-0.2, -0.15) is 5.10 Å². The minimum absolute atomic E-state index is 0.202. The summed E-state index contributed by atoms with van der Waals surface area (Å²) in [5, 5.41) is 17.5. The van der Waals surface area contributed by atoms with Crippen LogP contribution in [0.15, 0.2) is 0 Å². The van der Waals surface area contributed by atoms with Crippen molar-refractivity contribution in [2.24, 2.45) is 5.92 Å². The molecule has 4 nitrogen and oxygen atoms in total. The topological polar surface area (TPSA) is 50.1 Å². The summed E-state index contributed by atoms with van der Waals surface area (Å²) < 4.78 is 1.94. The van der Waals surface area contributed by atoms with E-state index in [1.54, 1.807) is 0 Å². The van der Waals surface area contributed by atoms with Crippen molar-refractivity contribution in [3.8, 4) is 0 Å². The SMILES string of the molecule is CCc1nn(CC)c(CNCC(C)CO)c1Cl. The quantitative estimate of drug-likeness (QED) is 0.786. The van der Waals surface area contributed by atoms with Crippen LogP contribution in [0.2, 0.25) is 5.02 Å². The van der Waals surface area contributed by atoms with Crippen molar-refractivity contribution in [1.82, 2.24) is 15.1 Å². The molecule has 0 bridgehead atoms. The maximum atomic E-state index is 8.95. The van der Waals surface area contributed by atoms with Gasteiger partial charge in [-0.25, -0.2) is 0 Å². The van der Waals surface area contributed by atoms with Crippen molar-refractivity contribution in [2.75, 3.05) is 13.2 Å². The zero-order chi connectivity index (χ0) is 12.8. The average molecular weight is 260 g/mol. The molecule has 0 saturated heterocycles. The summed E-state index contributed by atoms with van der Waals surface area (Å²) in [6.07, 6.45) is 0.853. The Kier molecular flexibility index (Phi) is 5.95. The first kappa shape index (κ1) is 14.5. The van der Waals surface area contributed by atoms with E-state index in [4.69, 9.17) is 16.7 Å². The number of rotatable bonds is 7. The minimum Gasteiger partial charge on any atom is -0.396 e. The van der Waals surface area contributed by atoms with E-state index in [0.717, 1.165) is 35.9 Å². The molecule has 17 heavy (non-hydrogen) atoms. The molecule has 1 unspecified atom stereocenters. The van der Waals surface area contributed by atoms with E-state index in [2.05, 4.69) is 24.3 Å². The molecule has 0 spiro atoms. The molecule has 5 heteroatoms. The molecule has 0 saturated carbocycles. The second kappa shape index (κ2) is 6.99. The maximum absolute atomic E-state index is 8.95. The van der Waals surface area contributed by atoms with Crippen LogP contribution in [0.5, 0.6) is 0 Å². The Morgan fingerprint density at radius 2 is 2.18 bits per heavy atom. The highest BCUT2D eigenvalue weighted by atomic mass is 35.5. The van der Waals surface area contributed by atoms with Crippen LogP contribution in [0.25, 0.3) is 0 Å². The fourth-order valence-electron chi connectivity index (χ4n) is 1.69. The Bertz CT molecular complexity index is 352. The van der Waals surface area contributed by atoms with Gasteiger partial charge < -0.3 is 10.4 Å². The number of halogens is 1. The van der Waals surface area contributed by atoms with Crippen molar-refractivity contribution in [3.63, 3.8) is 0 Å². The summed E-state index contributed by atoms with van der Waals surface area (Å²) in [5.41, 5.74) is 2.00. The lowest BCUT2D eigenvalue weighted by Crippen LogP contribution is -2.24. The Morgan fingerprint density at radius 1 is 1.47 bits per heavy atom.